The molecule has 6 nitrogen and oxygen atoms in total. The zero-order valence-electron chi connectivity index (χ0n) is 15.2. The quantitative estimate of drug-likeness (QED) is 0.491. The van der Waals surface area contributed by atoms with Crippen molar-refractivity contribution in [3.63, 3.8) is 0 Å². The van der Waals surface area contributed by atoms with Crippen LogP contribution in [0, 0.1) is 0 Å². The Morgan fingerprint density at radius 2 is 1.75 bits per heavy atom. The number of rotatable bonds is 7. The van der Waals surface area contributed by atoms with Crippen molar-refractivity contribution >= 4 is 28.4 Å². The van der Waals surface area contributed by atoms with Gasteiger partial charge in [0.15, 0.2) is 0 Å². The summed E-state index contributed by atoms with van der Waals surface area (Å²) in [7, 11) is 0. The summed E-state index contributed by atoms with van der Waals surface area (Å²) in [6.07, 6.45) is 0.812. The van der Waals surface area contributed by atoms with Gasteiger partial charge in [-0.05, 0) is 45.3 Å². The molecule has 1 aromatic heterocycles. The van der Waals surface area contributed by atoms with Gasteiger partial charge < -0.3 is 5.32 Å². The first-order chi connectivity index (χ1) is 13.8. The second-order valence-corrected chi connectivity index (χ2v) is 7.22. The van der Waals surface area contributed by atoms with Gasteiger partial charge >= 0.3 is 0 Å². The van der Waals surface area contributed by atoms with Crippen molar-refractivity contribution in [1.29, 1.82) is 0 Å². The summed E-state index contributed by atoms with van der Waals surface area (Å²) >= 11 is 1.32. The summed E-state index contributed by atoms with van der Waals surface area (Å²) in [5, 5.41) is 17.7. The number of hydrogen-bond acceptors (Lipinski definition) is 5. The van der Waals surface area contributed by atoms with Crippen molar-refractivity contribution < 1.29 is 4.79 Å². The van der Waals surface area contributed by atoms with Crippen molar-refractivity contribution in [3.8, 4) is 5.69 Å². The predicted molar refractivity (Wildman–Crippen MR) is 111 cm³/mol. The van der Waals surface area contributed by atoms with Gasteiger partial charge in [0.1, 0.15) is 0 Å². The average Bonchev–Trinajstić information content (AvgIpc) is 3.21. The molecule has 3 aromatic carbocycles. The van der Waals surface area contributed by atoms with Crippen LogP contribution >= 0.6 is 11.8 Å². The zero-order chi connectivity index (χ0) is 19.2. The first-order valence-electron chi connectivity index (χ1n) is 9.00. The first kappa shape index (κ1) is 18.2. The Balaban J connectivity index is 1.35. The summed E-state index contributed by atoms with van der Waals surface area (Å²) in [6, 6.07) is 24.3. The summed E-state index contributed by atoms with van der Waals surface area (Å²) in [4.78, 5) is 12.1. The van der Waals surface area contributed by atoms with E-state index in [1.165, 1.54) is 17.3 Å². The lowest BCUT2D eigenvalue weighted by Gasteiger charge is -2.07. The molecule has 0 fully saturated rings. The number of fused-ring (bicyclic) bond motifs is 1. The van der Waals surface area contributed by atoms with Crippen LogP contribution in [0.2, 0.25) is 0 Å². The van der Waals surface area contributed by atoms with Gasteiger partial charge in [0.25, 0.3) is 0 Å². The summed E-state index contributed by atoms with van der Waals surface area (Å²) in [6.45, 7) is 0.610. The lowest BCUT2D eigenvalue weighted by molar-refractivity contribution is -0.118. The number of aromatic nitrogens is 4. The lowest BCUT2D eigenvalue weighted by Crippen LogP contribution is -2.27. The smallest absolute Gasteiger partial charge is 0.230 e. The Kier molecular flexibility index (Phi) is 5.63. The normalized spacial score (nSPS) is 10.9. The van der Waals surface area contributed by atoms with E-state index >= 15 is 0 Å². The minimum atomic E-state index is -0.0333. The standard InChI is InChI=1S/C21H19N5OS/c27-20(22-13-12-16-6-2-1-3-7-16)15-28-21-23-24-25-26(21)19-11-10-17-8-4-5-9-18(17)14-19/h1-11,14H,12-13,15H2,(H,22,27). The fraction of sp³-hybridized carbons (Fsp3) is 0.143. The average molecular weight is 389 g/mol. The number of nitrogens with one attached hydrogen (secondary N) is 1. The molecule has 0 radical (unpaired) electrons. The van der Waals surface area contributed by atoms with Crippen LogP contribution in [0.5, 0.6) is 0 Å². The van der Waals surface area contributed by atoms with Crippen LogP contribution in [0.3, 0.4) is 0 Å². The maximum atomic E-state index is 12.1. The van der Waals surface area contributed by atoms with Gasteiger partial charge in [0, 0.05) is 6.54 Å². The second kappa shape index (κ2) is 8.67. The number of tetrazole rings is 1. The first-order valence-corrected chi connectivity index (χ1v) is 9.99. The Morgan fingerprint density at radius 3 is 2.61 bits per heavy atom. The molecule has 140 valence electrons. The summed E-state index contributed by atoms with van der Waals surface area (Å²) in [5.74, 6) is 0.233. The Morgan fingerprint density at radius 1 is 0.964 bits per heavy atom. The van der Waals surface area contributed by atoms with Crippen LogP contribution in [0.1, 0.15) is 5.56 Å². The molecule has 4 rings (SSSR count). The summed E-state index contributed by atoms with van der Waals surface area (Å²) < 4.78 is 1.66. The molecule has 1 amide bonds. The van der Waals surface area contributed by atoms with Crippen LogP contribution in [0.15, 0.2) is 78.0 Å². The molecule has 4 aromatic rings. The third-order valence-corrected chi connectivity index (χ3v) is 5.25. The van der Waals surface area contributed by atoms with Gasteiger partial charge in [-0.3, -0.25) is 4.79 Å². The molecular weight excluding hydrogens is 370 g/mol. The molecule has 0 unspecified atom stereocenters. The monoisotopic (exact) mass is 389 g/mol. The van der Waals surface area contributed by atoms with Crippen molar-refractivity contribution in [1.82, 2.24) is 25.5 Å². The van der Waals surface area contributed by atoms with Crippen LogP contribution in [0.25, 0.3) is 16.5 Å². The number of thioether (sulfide) groups is 1. The van der Waals surface area contributed by atoms with Crippen LogP contribution in [-0.2, 0) is 11.2 Å². The minimum absolute atomic E-state index is 0.0333. The van der Waals surface area contributed by atoms with E-state index in [9.17, 15) is 4.79 Å². The van der Waals surface area contributed by atoms with Gasteiger partial charge in [-0.15, -0.1) is 5.10 Å². The fourth-order valence-corrected chi connectivity index (χ4v) is 3.63. The highest BCUT2D eigenvalue weighted by Crippen LogP contribution is 2.22. The van der Waals surface area contributed by atoms with E-state index in [4.69, 9.17) is 0 Å². The molecule has 0 bridgehead atoms. The summed E-state index contributed by atoms with van der Waals surface area (Å²) in [5.41, 5.74) is 2.08. The SMILES string of the molecule is O=C(CSc1nnnn1-c1ccc2ccccc2c1)NCCc1ccccc1. The number of benzene rings is 3. The van der Waals surface area contributed by atoms with E-state index in [-0.39, 0.29) is 11.7 Å². The third-order valence-electron chi connectivity index (χ3n) is 4.33. The highest BCUT2D eigenvalue weighted by Gasteiger charge is 2.12. The molecule has 28 heavy (non-hydrogen) atoms. The van der Waals surface area contributed by atoms with Crippen LogP contribution in [-0.4, -0.2) is 38.4 Å². The van der Waals surface area contributed by atoms with E-state index in [0.29, 0.717) is 11.7 Å². The maximum absolute atomic E-state index is 12.1. The maximum Gasteiger partial charge on any atom is 0.230 e. The molecule has 0 saturated carbocycles. The predicted octanol–water partition coefficient (Wildman–Crippen LogP) is 3.27. The van der Waals surface area contributed by atoms with E-state index in [0.717, 1.165) is 22.9 Å². The number of carbonyl (C=O) groups is 1. The van der Waals surface area contributed by atoms with E-state index in [1.807, 2.05) is 48.5 Å². The number of amides is 1. The topological polar surface area (TPSA) is 72.7 Å². The van der Waals surface area contributed by atoms with Gasteiger partial charge in [0.2, 0.25) is 11.1 Å². The molecular formula is C21H19N5OS. The Bertz CT molecular complexity index is 1080. The van der Waals surface area contributed by atoms with Crippen molar-refractivity contribution in [2.75, 3.05) is 12.3 Å². The zero-order valence-corrected chi connectivity index (χ0v) is 16.0. The fourth-order valence-electron chi connectivity index (χ4n) is 2.91. The Hall–Kier alpha value is -3.19. The van der Waals surface area contributed by atoms with Gasteiger partial charge in [-0.25, -0.2) is 0 Å². The molecule has 1 heterocycles. The third kappa shape index (κ3) is 4.37. The highest BCUT2D eigenvalue weighted by atomic mass is 32.2. The van der Waals surface area contributed by atoms with Crippen LogP contribution < -0.4 is 5.32 Å². The lowest BCUT2D eigenvalue weighted by atomic mass is 10.1. The molecule has 0 aliphatic heterocycles. The Labute approximate surface area is 167 Å². The number of hydrogen-bond donors (Lipinski definition) is 1. The minimum Gasteiger partial charge on any atom is -0.355 e. The van der Waals surface area contributed by atoms with Crippen molar-refractivity contribution in [2.45, 2.75) is 11.6 Å². The van der Waals surface area contributed by atoms with Crippen molar-refractivity contribution in [3.05, 3.63) is 78.4 Å². The molecule has 0 atom stereocenters. The van der Waals surface area contributed by atoms with E-state index in [2.05, 4.69) is 45.1 Å². The molecule has 0 aliphatic carbocycles. The molecule has 1 N–H and O–H groups in total. The van der Waals surface area contributed by atoms with Gasteiger partial charge in [-0.1, -0.05) is 72.4 Å². The largest absolute Gasteiger partial charge is 0.355 e. The molecule has 0 saturated heterocycles. The number of nitrogens with zero attached hydrogens (tertiary/aromatic N) is 4. The molecule has 0 aliphatic rings. The van der Waals surface area contributed by atoms with E-state index < -0.39 is 0 Å². The molecule has 7 heteroatoms. The van der Waals surface area contributed by atoms with E-state index in [1.54, 1.807) is 4.68 Å². The van der Waals surface area contributed by atoms with Gasteiger partial charge in [0.05, 0.1) is 11.4 Å². The highest BCUT2D eigenvalue weighted by molar-refractivity contribution is 7.99. The van der Waals surface area contributed by atoms with Crippen molar-refractivity contribution in [2.24, 2.45) is 0 Å². The van der Waals surface area contributed by atoms with Gasteiger partial charge in [-0.2, -0.15) is 4.68 Å². The van der Waals surface area contributed by atoms with Crippen LogP contribution in [0.4, 0.5) is 0 Å². The molecule has 0 spiro atoms. The number of carbonyl (C=O) groups excluding carboxylic acids is 1. The second-order valence-electron chi connectivity index (χ2n) is 6.28.